The minimum Gasteiger partial charge on any atom is -0.506 e. The molecule has 3 saturated heterocycles. The molecule has 1 aromatic heterocycles. The first kappa shape index (κ1) is 37.7. The highest BCUT2D eigenvalue weighted by Crippen LogP contribution is 2.33. The van der Waals surface area contributed by atoms with Gasteiger partial charge in [0.15, 0.2) is 0 Å². The lowest BCUT2D eigenvalue weighted by Crippen LogP contribution is -2.53. The maximum absolute atomic E-state index is 13.6. The van der Waals surface area contributed by atoms with E-state index in [9.17, 15) is 19.8 Å². The number of piperidine rings is 3. The van der Waals surface area contributed by atoms with Crippen molar-refractivity contribution in [2.75, 3.05) is 44.2 Å². The summed E-state index contributed by atoms with van der Waals surface area (Å²) >= 11 is 6.85. The number of aliphatic hydroxyl groups excluding tert-OH is 1. The SMILES string of the molecule is O=C(O[C@@H]1CN2CCC1CC2)N(Cc1cccc(OCCCCCCCCCNC[C@H](O)c2ccc(O)c3[nH]c(=O)ccc23)c1Cl)c1ccccc1. The average molecular weight is 731 g/mol. The highest BCUT2D eigenvalue weighted by atomic mass is 35.5. The molecule has 2 atom stereocenters. The van der Waals surface area contributed by atoms with Crippen LogP contribution in [0.25, 0.3) is 10.9 Å². The minimum atomic E-state index is -0.749. The largest absolute Gasteiger partial charge is 0.506 e. The van der Waals surface area contributed by atoms with E-state index in [-0.39, 0.29) is 30.1 Å². The van der Waals surface area contributed by atoms with Gasteiger partial charge in [-0.1, -0.05) is 80.1 Å². The van der Waals surface area contributed by atoms with E-state index in [0.717, 1.165) is 95.2 Å². The summed E-state index contributed by atoms with van der Waals surface area (Å²) in [5.74, 6) is 1.04. The van der Waals surface area contributed by atoms with Gasteiger partial charge in [0.1, 0.15) is 17.6 Å². The third-order valence-corrected chi connectivity index (χ3v) is 10.8. The molecule has 3 aromatic carbocycles. The summed E-state index contributed by atoms with van der Waals surface area (Å²) in [4.78, 5) is 31.9. The van der Waals surface area contributed by atoms with Crippen LogP contribution < -0.4 is 20.5 Å². The fraction of sp³-hybridized carbons (Fsp3) is 0.463. The van der Waals surface area contributed by atoms with Crippen LogP contribution >= 0.6 is 11.6 Å². The number of aliphatic hydroxyl groups is 1. The lowest BCUT2D eigenvalue weighted by molar-refractivity contribution is -0.0311. The van der Waals surface area contributed by atoms with Crippen molar-refractivity contribution in [1.29, 1.82) is 0 Å². The predicted octanol–water partition coefficient (Wildman–Crippen LogP) is 7.56. The van der Waals surface area contributed by atoms with Gasteiger partial charge in [0.2, 0.25) is 5.56 Å². The number of H-pyrrole nitrogens is 1. The Kier molecular flexibility index (Phi) is 13.5. The Morgan fingerprint density at radius 2 is 1.69 bits per heavy atom. The van der Waals surface area contributed by atoms with Crippen molar-refractivity contribution in [3.8, 4) is 11.5 Å². The van der Waals surface area contributed by atoms with Crippen LogP contribution in [0.15, 0.2) is 77.6 Å². The molecular formula is C41H51ClN4O6. The van der Waals surface area contributed by atoms with E-state index in [1.807, 2.05) is 48.5 Å². The number of fused-ring (bicyclic) bond motifs is 4. The molecule has 0 saturated carbocycles. The number of aromatic hydroxyl groups is 1. The Balaban J connectivity index is 0.871. The number of nitrogens with zero attached hydrogens (tertiary/aromatic N) is 2. The Hall–Kier alpha value is -4.09. The first-order valence-corrected chi connectivity index (χ1v) is 19.1. The number of para-hydroxylation sites is 1. The number of carbonyl (C=O) groups excluding carboxylic acids is 1. The molecule has 7 rings (SSSR count). The smallest absolute Gasteiger partial charge is 0.414 e. The standard InChI is InChI=1S/C41H51ClN4O6/c42-39-30(27-46(31-13-7-6-8-14-31)41(50)52-37-28-45-23-20-29(37)21-24-45)12-11-15-36(39)51-25-10-5-3-1-2-4-9-22-43-26-35(48)32-16-18-34(47)40-33(32)17-19-38(49)44-40/h6-8,11-19,29,35,37,43,47-48H,1-5,9-10,20-28H2,(H,44,49)/t35-,37+/m0/s1. The van der Waals surface area contributed by atoms with E-state index in [0.29, 0.717) is 46.3 Å². The number of pyridine rings is 1. The van der Waals surface area contributed by atoms with Crippen LogP contribution in [0.2, 0.25) is 5.02 Å². The number of hydrogen-bond acceptors (Lipinski definition) is 8. The van der Waals surface area contributed by atoms with Crippen molar-refractivity contribution in [1.82, 2.24) is 15.2 Å². The summed E-state index contributed by atoms with van der Waals surface area (Å²) in [6.45, 7) is 5.05. The number of nitrogens with one attached hydrogen (secondary N) is 2. The Morgan fingerprint density at radius 3 is 2.44 bits per heavy atom. The number of phenols is 1. The quantitative estimate of drug-likeness (QED) is 0.0773. The van der Waals surface area contributed by atoms with Gasteiger partial charge in [-0.2, -0.15) is 0 Å². The number of carbonyl (C=O) groups is 1. The number of halogens is 1. The van der Waals surface area contributed by atoms with Gasteiger partial charge in [0, 0.05) is 30.2 Å². The number of anilines is 1. The molecule has 3 aliphatic rings. The molecule has 278 valence electrons. The number of hydrogen-bond donors (Lipinski definition) is 4. The number of amides is 1. The van der Waals surface area contributed by atoms with E-state index in [1.165, 1.54) is 12.1 Å². The molecule has 4 aromatic rings. The van der Waals surface area contributed by atoms with Gasteiger partial charge in [-0.3, -0.25) is 14.6 Å². The van der Waals surface area contributed by atoms with Crippen molar-refractivity contribution in [3.63, 3.8) is 0 Å². The summed E-state index contributed by atoms with van der Waals surface area (Å²) in [6, 6.07) is 21.6. The third-order valence-electron chi connectivity index (χ3n) is 10.4. The zero-order valence-corrected chi connectivity index (χ0v) is 30.5. The lowest BCUT2D eigenvalue weighted by atomic mass is 9.86. The van der Waals surface area contributed by atoms with E-state index >= 15 is 0 Å². The molecule has 11 heteroatoms. The second kappa shape index (κ2) is 18.6. The zero-order valence-electron chi connectivity index (χ0n) is 29.8. The first-order valence-electron chi connectivity index (χ1n) is 18.8. The summed E-state index contributed by atoms with van der Waals surface area (Å²) in [7, 11) is 0. The van der Waals surface area contributed by atoms with Crippen LogP contribution in [0.3, 0.4) is 0 Å². The Bertz CT molecular complexity index is 1810. The van der Waals surface area contributed by atoms with Crippen molar-refractivity contribution in [2.24, 2.45) is 5.92 Å². The molecule has 1 amide bonds. The van der Waals surface area contributed by atoms with E-state index in [2.05, 4.69) is 15.2 Å². The third kappa shape index (κ3) is 9.86. The van der Waals surface area contributed by atoms with E-state index < -0.39 is 6.10 Å². The van der Waals surface area contributed by atoms with Gasteiger partial charge in [-0.15, -0.1) is 0 Å². The predicted molar refractivity (Wildman–Crippen MR) is 205 cm³/mol. The minimum absolute atomic E-state index is 0.0132. The normalized spacial score (nSPS) is 18.7. The van der Waals surface area contributed by atoms with Crippen LogP contribution in [0, 0.1) is 5.92 Å². The van der Waals surface area contributed by atoms with Gasteiger partial charge in [0.25, 0.3) is 0 Å². The van der Waals surface area contributed by atoms with Crippen LogP contribution in [0.5, 0.6) is 11.5 Å². The second-order valence-corrected chi connectivity index (χ2v) is 14.4. The highest BCUT2D eigenvalue weighted by molar-refractivity contribution is 6.32. The highest BCUT2D eigenvalue weighted by Gasteiger charge is 2.37. The van der Waals surface area contributed by atoms with Gasteiger partial charge >= 0.3 is 6.09 Å². The number of rotatable bonds is 18. The van der Waals surface area contributed by atoms with Gasteiger partial charge in [-0.05, 0) is 92.7 Å². The lowest BCUT2D eigenvalue weighted by Gasteiger charge is -2.44. The molecule has 3 fully saturated rings. The fourth-order valence-corrected chi connectivity index (χ4v) is 7.62. The molecular weight excluding hydrogens is 680 g/mol. The summed E-state index contributed by atoms with van der Waals surface area (Å²) in [5, 5.41) is 25.3. The number of aromatic amines is 1. The summed E-state index contributed by atoms with van der Waals surface area (Å²) < 4.78 is 12.2. The second-order valence-electron chi connectivity index (χ2n) is 14.0. The van der Waals surface area contributed by atoms with Crippen molar-refractivity contribution in [2.45, 2.75) is 76.5 Å². The fourth-order valence-electron chi connectivity index (χ4n) is 7.38. The Morgan fingerprint density at radius 1 is 0.942 bits per heavy atom. The topological polar surface area (TPSA) is 127 Å². The molecule has 52 heavy (non-hydrogen) atoms. The van der Waals surface area contributed by atoms with Crippen LogP contribution in [0.1, 0.15) is 75.0 Å². The number of unbranched alkanes of at least 4 members (excludes halogenated alkanes) is 6. The molecule has 0 unspecified atom stereocenters. The molecule has 0 radical (unpaired) electrons. The molecule has 3 aliphatic heterocycles. The number of phenolic OH excluding ortho intramolecular Hbond substituents is 1. The van der Waals surface area contributed by atoms with Crippen molar-refractivity contribution in [3.05, 3.63) is 99.3 Å². The molecule has 4 N–H and O–H groups in total. The zero-order chi connectivity index (χ0) is 36.3. The van der Waals surface area contributed by atoms with Crippen molar-refractivity contribution < 1.29 is 24.5 Å². The average Bonchev–Trinajstić information content (AvgIpc) is 3.16. The molecule has 2 bridgehead atoms. The summed E-state index contributed by atoms with van der Waals surface area (Å²) in [5.41, 5.74) is 2.29. The first-order chi connectivity index (χ1) is 25.4. The molecule has 0 spiro atoms. The van der Waals surface area contributed by atoms with Gasteiger partial charge < -0.3 is 30.0 Å². The van der Waals surface area contributed by atoms with Gasteiger partial charge in [0.05, 0.1) is 29.8 Å². The maximum Gasteiger partial charge on any atom is 0.414 e. The van der Waals surface area contributed by atoms with Crippen LogP contribution in [-0.4, -0.2) is 71.6 Å². The van der Waals surface area contributed by atoms with Crippen LogP contribution in [0.4, 0.5) is 10.5 Å². The molecule has 4 heterocycles. The monoisotopic (exact) mass is 730 g/mol. The summed E-state index contributed by atoms with van der Waals surface area (Å²) in [6.07, 6.45) is 8.55. The van der Waals surface area contributed by atoms with Crippen molar-refractivity contribution >= 4 is 34.3 Å². The number of ether oxygens (including phenoxy) is 2. The number of benzene rings is 3. The van der Waals surface area contributed by atoms with Crippen LogP contribution in [-0.2, 0) is 11.3 Å². The van der Waals surface area contributed by atoms with E-state index in [4.69, 9.17) is 21.1 Å². The molecule has 10 nitrogen and oxygen atoms in total. The maximum atomic E-state index is 13.6. The molecule has 0 aliphatic carbocycles. The van der Waals surface area contributed by atoms with Gasteiger partial charge in [-0.25, -0.2) is 4.79 Å². The Labute approximate surface area is 310 Å². The number of aromatic nitrogens is 1. The van der Waals surface area contributed by atoms with E-state index in [1.54, 1.807) is 17.0 Å².